The van der Waals surface area contributed by atoms with Crippen molar-refractivity contribution in [3.63, 3.8) is 0 Å². The maximum absolute atomic E-state index is 11.9. The van der Waals surface area contributed by atoms with Gasteiger partial charge in [0, 0.05) is 13.1 Å². The number of carbonyl (C=O) groups is 1. The fraction of sp³-hybridized carbons (Fsp3) is 0.923. The van der Waals surface area contributed by atoms with Crippen LogP contribution >= 0.6 is 0 Å². The van der Waals surface area contributed by atoms with Crippen molar-refractivity contribution >= 4 is 6.09 Å². The van der Waals surface area contributed by atoms with Crippen LogP contribution in [0.15, 0.2) is 0 Å². The molecule has 0 saturated carbocycles. The first kappa shape index (κ1) is 15.2. The van der Waals surface area contributed by atoms with E-state index in [1.165, 1.54) is 0 Å². The van der Waals surface area contributed by atoms with Crippen LogP contribution in [0, 0.1) is 5.92 Å². The number of hydrogen-bond donors (Lipinski definition) is 1. The van der Waals surface area contributed by atoms with Crippen LogP contribution in [0.2, 0.25) is 0 Å². The minimum Gasteiger partial charge on any atom is -0.444 e. The maximum Gasteiger partial charge on any atom is 0.410 e. The molecule has 2 N–H and O–H groups in total. The van der Waals surface area contributed by atoms with Gasteiger partial charge in [0.2, 0.25) is 0 Å². The standard InChI is InChI=1S/C13H26N2O3/c1-12(2,3)17-11(16)15-8-6-10(7-9-15)13(4,5)18-14/h10H,6-9,14H2,1-5H3. The second-order valence-electron chi connectivity index (χ2n) is 6.46. The normalized spacial score (nSPS) is 18.9. The molecule has 0 atom stereocenters. The molecule has 0 bridgehead atoms. The second kappa shape index (κ2) is 5.45. The lowest BCUT2D eigenvalue weighted by molar-refractivity contribution is -0.0794. The Hall–Kier alpha value is -0.810. The van der Waals surface area contributed by atoms with Gasteiger partial charge < -0.3 is 9.64 Å². The summed E-state index contributed by atoms with van der Waals surface area (Å²) in [6.07, 6.45) is 1.56. The van der Waals surface area contributed by atoms with Crippen LogP contribution in [0.4, 0.5) is 4.79 Å². The van der Waals surface area contributed by atoms with E-state index in [-0.39, 0.29) is 11.7 Å². The third-order valence-electron chi connectivity index (χ3n) is 3.43. The fourth-order valence-electron chi connectivity index (χ4n) is 2.18. The Morgan fingerprint density at radius 1 is 1.17 bits per heavy atom. The lowest BCUT2D eigenvalue weighted by Gasteiger charge is -2.39. The molecule has 1 aliphatic rings. The first-order valence-corrected chi connectivity index (χ1v) is 6.51. The SMILES string of the molecule is CC(C)(C)OC(=O)N1CCC(C(C)(C)ON)CC1. The molecule has 1 heterocycles. The molecule has 0 aromatic rings. The predicted molar refractivity (Wildman–Crippen MR) is 69.9 cm³/mol. The molecular formula is C13H26N2O3. The zero-order chi connectivity index (χ0) is 14.0. The highest BCUT2D eigenvalue weighted by Crippen LogP contribution is 2.30. The lowest BCUT2D eigenvalue weighted by Crippen LogP contribution is -2.47. The van der Waals surface area contributed by atoms with E-state index in [9.17, 15) is 4.79 Å². The number of likely N-dealkylation sites (tertiary alicyclic amines) is 1. The van der Waals surface area contributed by atoms with Crippen LogP contribution in [-0.2, 0) is 9.57 Å². The number of ether oxygens (including phenoxy) is 1. The molecule has 1 aliphatic heterocycles. The van der Waals surface area contributed by atoms with E-state index in [4.69, 9.17) is 15.5 Å². The zero-order valence-electron chi connectivity index (χ0n) is 12.2. The van der Waals surface area contributed by atoms with Gasteiger partial charge in [-0.25, -0.2) is 10.7 Å². The Kier molecular flexibility index (Phi) is 4.61. The largest absolute Gasteiger partial charge is 0.444 e. The van der Waals surface area contributed by atoms with Crippen molar-refractivity contribution in [2.24, 2.45) is 11.8 Å². The average Bonchev–Trinajstić information content (AvgIpc) is 2.27. The smallest absolute Gasteiger partial charge is 0.410 e. The molecule has 0 spiro atoms. The quantitative estimate of drug-likeness (QED) is 0.772. The summed E-state index contributed by atoms with van der Waals surface area (Å²) in [6.45, 7) is 11.0. The van der Waals surface area contributed by atoms with E-state index in [2.05, 4.69) is 0 Å². The summed E-state index contributed by atoms with van der Waals surface area (Å²) in [7, 11) is 0. The van der Waals surface area contributed by atoms with E-state index < -0.39 is 5.60 Å². The summed E-state index contributed by atoms with van der Waals surface area (Å²) < 4.78 is 5.36. The minimum absolute atomic E-state index is 0.229. The third kappa shape index (κ3) is 4.14. The van der Waals surface area contributed by atoms with E-state index in [1.54, 1.807) is 4.90 Å². The van der Waals surface area contributed by atoms with Gasteiger partial charge in [-0.2, -0.15) is 0 Å². The molecule has 5 nitrogen and oxygen atoms in total. The number of nitrogens with zero attached hydrogens (tertiary/aromatic N) is 1. The van der Waals surface area contributed by atoms with Crippen LogP contribution < -0.4 is 5.90 Å². The number of amides is 1. The van der Waals surface area contributed by atoms with Gasteiger partial charge in [0.1, 0.15) is 5.60 Å². The Morgan fingerprint density at radius 2 is 1.67 bits per heavy atom. The number of piperidine rings is 1. The van der Waals surface area contributed by atoms with E-state index in [0.29, 0.717) is 19.0 Å². The molecule has 0 radical (unpaired) electrons. The second-order valence-corrected chi connectivity index (χ2v) is 6.46. The molecule has 0 aliphatic carbocycles. The highest BCUT2D eigenvalue weighted by atomic mass is 16.6. The lowest BCUT2D eigenvalue weighted by atomic mass is 9.83. The third-order valence-corrected chi connectivity index (χ3v) is 3.43. The molecule has 1 saturated heterocycles. The summed E-state index contributed by atoms with van der Waals surface area (Å²) >= 11 is 0. The topological polar surface area (TPSA) is 64.8 Å². The van der Waals surface area contributed by atoms with Gasteiger partial charge in [-0.15, -0.1) is 0 Å². The van der Waals surface area contributed by atoms with Gasteiger partial charge in [0.05, 0.1) is 5.60 Å². The fourth-order valence-corrected chi connectivity index (χ4v) is 2.18. The Balaban J connectivity index is 2.47. The zero-order valence-corrected chi connectivity index (χ0v) is 12.2. The average molecular weight is 258 g/mol. The predicted octanol–water partition coefficient (Wildman–Crippen LogP) is 2.30. The first-order chi connectivity index (χ1) is 8.15. The summed E-state index contributed by atoms with van der Waals surface area (Å²) in [5, 5.41) is 0. The molecule has 1 fully saturated rings. The van der Waals surface area contributed by atoms with E-state index in [1.807, 2.05) is 34.6 Å². The van der Waals surface area contributed by atoms with Crippen LogP contribution in [0.25, 0.3) is 0 Å². The number of nitrogens with two attached hydrogens (primary N) is 1. The molecule has 18 heavy (non-hydrogen) atoms. The monoisotopic (exact) mass is 258 g/mol. The molecule has 1 amide bonds. The molecular weight excluding hydrogens is 232 g/mol. The highest BCUT2D eigenvalue weighted by Gasteiger charge is 2.35. The molecule has 5 heteroatoms. The van der Waals surface area contributed by atoms with E-state index >= 15 is 0 Å². The molecule has 0 aromatic carbocycles. The van der Waals surface area contributed by atoms with Crippen molar-refractivity contribution in [3.8, 4) is 0 Å². The summed E-state index contributed by atoms with van der Waals surface area (Å²) in [6, 6.07) is 0. The van der Waals surface area contributed by atoms with Gasteiger partial charge >= 0.3 is 6.09 Å². The summed E-state index contributed by atoms with van der Waals surface area (Å²) in [5.41, 5.74) is -0.770. The van der Waals surface area contributed by atoms with Crippen LogP contribution in [0.3, 0.4) is 0 Å². The summed E-state index contributed by atoms with van der Waals surface area (Å²) in [5.74, 6) is 5.69. The Labute approximate surface area is 110 Å². The van der Waals surface area contributed by atoms with Crippen LogP contribution in [-0.4, -0.2) is 35.3 Å². The maximum atomic E-state index is 11.9. The number of rotatable bonds is 2. The summed E-state index contributed by atoms with van der Waals surface area (Å²) in [4.78, 5) is 18.7. The molecule has 0 unspecified atom stereocenters. The number of hydrogen-bond acceptors (Lipinski definition) is 4. The van der Waals surface area contributed by atoms with Crippen molar-refractivity contribution in [3.05, 3.63) is 0 Å². The van der Waals surface area contributed by atoms with Crippen molar-refractivity contribution in [2.45, 2.75) is 58.7 Å². The first-order valence-electron chi connectivity index (χ1n) is 6.51. The number of carbonyl (C=O) groups excluding carboxylic acids is 1. The van der Waals surface area contributed by atoms with Gasteiger partial charge in [0.25, 0.3) is 0 Å². The van der Waals surface area contributed by atoms with Crippen molar-refractivity contribution in [1.82, 2.24) is 4.90 Å². The van der Waals surface area contributed by atoms with Crippen LogP contribution in [0.5, 0.6) is 0 Å². The van der Waals surface area contributed by atoms with Gasteiger partial charge in [-0.1, -0.05) is 0 Å². The molecule has 0 aromatic heterocycles. The molecule has 1 rings (SSSR count). The molecule has 106 valence electrons. The van der Waals surface area contributed by atoms with E-state index in [0.717, 1.165) is 12.8 Å². The van der Waals surface area contributed by atoms with Crippen molar-refractivity contribution in [1.29, 1.82) is 0 Å². The van der Waals surface area contributed by atoms with Crippen molar-refractivity contribution in [2.75, 3.05) is 13.1 Å². The Morgan fingerprint density at radius 3 is 2.06 bits per heavy atom. The van der Waals surface area contributed by atoms with Gasteiger partial charge in [0.15, 0.2) is 0 Å². The van der Waals surface area contributed by atoms with Crippen LogP contribution in [0.1, 0.15) is 47.5 Å². The van der Waals surface area contributed by atoms with Gasteiger partial charge in [-0.05, 0) is 53.4 Å². The minimum atomic E-state index is -0.437. The Bertz CT molecular complexity index is 289. The van der Waals surface area contributed by atoms with Gasteiger partial charge in [-0.3, -0.25) is 4.84 Å². The van der Waals surface area contributed by atoms with Crippen molar-refractivity contribution < 1.29 is 14.4 Å². The highest BCUT2D eigenvalue weighted by molar-refractivity contribution is 5.68.